The number of carbonyl (C=O) groups is 1. The van der Waals surface area contributed by atoms with Crippen molar-refractivity contribution in [2.24, 2.45) is 5.92 Å². The molecule has 1 atom stereocenters. The number of nitrogens with zero attached hydrogens (tertiary/aromatic N) is 1. The van der Waals surface area contributed by atoms with Crippen molar-refractivity contribution in [3.8, 4) is 5.75 Å². The van der Waals surface area contributed by atoms with Crippen LogP contribution in [0.3, 0.4) is 0 Å². The van der Waals surface area contributed by atoms with Gasteiger partial charge in [0.1, 0.15) is 5.75 Å². The number of nitrogens with one attached hydrogen (secondary N) is 2. The van der Waals surface area contributed by atoms with Gasteiger partial charge in [-0.05, 0) is 48.4 Å². The molecule has 0 saturated heterocycles. The predicted octanol–water partition coefficient (Wildman–Crippen LogP) is 2.85. The zero-order valence-electron chi connectivity index (χ0n) is 16.7. The SMILES string of the molecule is COc1ccc(S(=O)(=O)Nc2nc3ccc(C(=O)N[C@H](CO)C(C)C)cc3s2)cc1. The average molecular weight is 450 g/mol. The van der Waals surface area contributed by atoms with E-state index in [2.05, 4.69) is 15.0 Å². The van der Waals surface area contributed by atoms with E-state index in [0.29, 0.717) is 21.5 Å². The fourth-order valence-corrected chi connectivity index (χ4v) is 4.85. The maximum absolute atomic E-state index is 12.6. The summed E-state index contributed by atoms with van der Waals surface area (Å²) in [5, 5.41) is 12.4. The highest BCUT2D eigenvalue weighted by molar-refractivity contribution is 7.93. The van der Waals surface area contributed by atoms with Crippen LogP contribution in [0.25, 0.3) is 10.2 Å². The highest BCUT2D eigenvalue weighted by Crippen LogP contribution is 2.29. The van der Waals surface area contributed by atoms with Gasteiger partial charge < -0.3 is 15.2 Å². The average Bonchev–Trinajstić information content (AvgIpc) is 3.12. The molecular weight excluding hydrogens is 426 g/mol. The van der Waals surface area contributed by atoms with Crippen molar-refractivity contribution in [3.63, 3.8) is 0 Å². The van der Waals surface area contributed by atoms with Crippen molar-refractivity contribution in [3.05, 3.63) is 48.0 Å². The quantitative estimate of drug-likeness (QED) is 0.487. The van der Waals surface area contributed by atoms with Gasteiger partial charge in [-0.15, -0.1) is 0 Å². The lowest BCUT2D eigenvalue weighted by Gasteiger charge is -2.19. The molecular formula is C20H23N3O5S2. The van der Waals surface area contributed by atoms with E-state index in [1.807, 2.05) is 13.8 Å². The zero-order chi connectivity index (χ0) is 21.9. The van der Waals surface area contributed by atoms with Crippen molar-refractivity contribution in [2.75, 3.05) is 18.4 Å². The van der Waals surface area contributed by atoms with Gasteiger partial charge in [0.05, 0.1) is 34.9 Å². The summed E-state index contributed by atoms with van der Waals surface area (Å²) in [6, 6.07) is 10.6. The van der Waals surface area contributed by atoms with Crippen LogP contribution in [0, 0.1) is 5.92 Å². The number of thiazole rings is 1. The monoisotopic (exact) mass is 449 g/mol. The number of rotatable bonds is 8. The minimum absolute atomic E-state index is 0.0880. The van der Waals surface area contributed by atoms with Crippen LogP contribution in [0.4, 0.5) is 5.13 Å². The first-order valence-electron chi connectivity index (χ1n) is 9.22. The second-order valence-corrected chi connectivity index (χ2v) is 9.70. The van der Waals surface area contributed by atoms with E-state index in [-0.39, 0.29) is 34.5 Å². The Hall–Kier alpha value is -2.69. The van der Waals surface area contributed by atoms with Crippen LogP contribution in [0.1, 0.15) is 24.2 Å². The Kier molecular flexibility index (Phi) is 6.59. The van der Waals surface area contributed by atoms with Crippen molar-refractivity contribution < 1.29 is 23.1 Å². The second kappa shape index (κ2) is 8.99. The molecule has 0 unspecified atom stereocenters. The summed E-state index contributed by atoms with van der Waals surface area (Å²) in [7, 11) is -2.30. The summed E-state index contributed by atoms with van der Waals surface area (Å²) in [6.07, 6.45) is 0. The molecule has 0 aliphatic carbocycles. The van der Waals surface area contributed by atoms with Crippen LogP contribution < -0.4 is 14.8 Å². The van der Waals surface area contributed by atoms with Crippen LogP contribution in [-0.2, 0) is 10.0 Å². The number of sulfonamides is 1. The van der Waals surface area contributed by atoms with E-state index in [4.69, 9.17) is 4.74 Å². The van der Waals surface area contributed by atoms with Crippen LogP contribution in [0.15, 0.2) is 47.4 Å². The molecule has 1 aromatic heterocycles. The number of aromatic nitrogens is 1. The number of methoxy groups -OCH3 is 1. The number of fused-ring (bicyclic) bond motifs is 1. The van der Waals surface area contributed by atoms with E-state index in [1.54, 1.807) is 30.3 Å². The standard InChI is InChI=1S/C20H23N3O5S2/c1-12(2)17(11-24)21-19(25)13-4-9-16-18(10-13)29-20(22-16)23-30(26,27)15-7-5-14(28-3)6-8-15/h4-10,12,17,24H,11H2,1-3H3,(H,21,25)(H,22,23)/t17-/m1/s1. The summed E-state index contributed by atoms with van der Waals surface area (Å²) in [5.41, 5.74) is 0.987. The molecule has 3 aromatic rings. The minimum atomic E-state index is -3.81. The second-order valence-electron chi connectivity index (χ2n) is 6.99. The van der Waals surface area contributed by atoms with Crippen molar-refractivity contribution in [1.82, 2.24) is 10.3 Å². The first-order valence-corrected chi connectivity index (χ1v) is 11.5. The number of amides is 1. The Morgan fingerprint density at radius 2 is 1.90 bits per heavy atom. The number of hydrogen-bond acceptors (Lipinski definition) is 7. The highest BCUT2D eigenvalue weighted by atomic mass is 32.2. The molecule has 8 nitrogen and oxygen atoms in total. The molecule has 1 heterocycles. The number of carbonyl (C=O) groups excluding carboxylic acids is 1. The molecule has 3 rings (SSSR count). The van der Waals surface area contributed by atoms with E-state index >= 15 is 0 Å². The third-order valence-electron chi connectivity index (χ3n) is 4.56. The maximum atomic E-state index is 12.6. The number of aliphatic hydroxyl groups excluding tert-OH is 1. The number of ether oxygens (including phenoxy) is 1. The molecule has 2 aromatic carbocycles. The van der Waals surface area contributed by atoms with E-state index in [0.717, 1.165) is 11.3 Å². The molecule has 0 bridgehead atoms. The smallest absolute Gasteiger partial charge is 0.263 e. The first-order chi connectivity index (χ1) is 14.2. The highest BCUT2D eigenvalue weighted by Gasteiger charge is 2.19. The molecule has 1 amide bonds. The van der Waals surface area contributed by atoms with Gasteiger partial charge in [-0.3, -0.25) is 9.52 Å². The molecule has 0 saturated carbocycles. The van der Waals surface area contributed by atoms with Gasteiger partial charge in [0.25, 0.3) is 15.9 Å². The van der Waals surface area contributed by atoms with Crippen LogP contribution >= 0.6 is 11.3 Å². The molecule has 30 heavy (non-hydrogen) atoms. The summed E-state index contributed by atoms with van der Waals surface area (Å²) < 4.78 is 33.4. The molecule has 10 heteroatoms. The van der Waals surface area contributed by atoms with Gasteiger partial charge in [-0.1, -0.05) is 25.2 Å². The van der Waals surface area contributed by atoms with Crippen molar-refractivity contribution in [2.45, 2.75) is 24.8 Å². The number of benzene rings is 2. The molecule has 0 spiro atoms. The molecule has 160 valence electrons. The van der Waals surface area contributed by atoms with Gasteiger partial charge >= 0.3 is 0 Å². The van der Waals surface area contributed by atoms with Gasteiger partial charge in [-0.2, -0.15) is 0 Å². The van der Waals surface area contributed by atoms with E-state index < -0.39 is 10.0 Å². The van der Waals surface area contributed by atoms with Gasteiger partial charge in [0.15, 0.2) is 5.13 Å². The Labute approximate surface area is 179 Å². The van der Waals surface area contributed by atoms with Crippen LogP contribution in [0.5, 0.6) is 5.75 Å². The van der Waals surface area contributed by atoms with Gasteiger partial charge in [-0.25, -0.2) is 13.4 Å². The van der Waals surface area contributed by atoms with Crippen molar-refractivity contribution in [1.29, 1.82) is 0 Å². The Morgan fingerprint density at radius 1 is 1.20 bits per heavy atom. The maximum Gasteiger partial charge on any atom is 0.263 e. The zero-order valence-corrected chi connectivity index (χ0v) is 18.4. The Bertz CT molecular complexity index is 1140. The Balaban J connectivity index is 1.80. The normalized spacial score (nSPS) is 12.7. The molecule has 0 aliphatic rings. The summed E-state index contributed by atoms with van der Waals surface area (Å²) in [4.78, 5) is 16.9. The number of aliphatic hydroxyl groups is 1. The molecule has 3 N–H and O–H groups in total. The predicted molar refractivity (Wildman–Crippen MR) is 117 cm³/mol. The fraction of sp³-hybridized carbons (Fsp3) is 0.300. The Morgan fingerprint density at radius 3 is 2.50 bits per heavy atom. The summed E-state index contributed by atoms with van der Waals surface area (Å²) in [5.74, 6) is 0.337. The lowest BCUT2D eigenvalue weighted by Crippen LogP contribution is -2.41. The van der Waals surface area contributed by atoms with Crippen LogP contribution in [0.2, 0.25) is 0 Å². The lowest BCUT2D eigenvalue weighted by atomic mass is 10.0. The molecule has 0 radical (unpaired) electrons. The third-order valence-corrected chi connectivity index (χ3v) is 6.98. The summed E-state index contributed by atoms with van der Waals surface area (Å²) in [6.45, 7) is 3.67. The van der Waals surface area contributed by atoms with Crippen molar-refractivity contribution >= 4 is 42.6 Å². The topological polar surface area (TPSA) is 118 Å². The molecule has 0 fully saturated rings. The first kappa shape index (κ1) is 22.0. The number of hydrogen-bond donors (Lipinski definition) is 3. The number of anilines is 1. The fourth-order valence-electron chi connectivity index (χ4n) is 2.71. The van der Waals surface area contributed by atoms with E-state index in [9.17, 15) is 18.3 Å². The minimum Gasteiger partial charge on any atom is -0.497 e. The molecule has 0 aliphatic heterocycles. The van der Waals surface area contributed by atoms with Gasteiger partial charge in [0, 0.05) is 5.56 Å². The third kappa shape index (κ3) is 4.89. The lowest BCUT2D eigenvalue weighted by molar-refractivity contribution is 0.0897. The van der Waals surface area contributed by atoms with Crippen LogP contribution in [-0.4, -0.2) is 44.2 Å². The van der Waals surface area contributed by atoms with Gasteiger partial charge in [0.2, 0.25) is 0 Å². The summed E-state index contributed by atoms with van der Waals surface area (Å²) >= 11 is 1.13. The van der Waals surface area contributed by atoms with E-state index in [1.165, 1.54) is 19.2 Å². The largest absolute Gasteiger partial charge is 0.497 e.